The number of rotatable bonds is 6. The van der Waals surface area contributed by atoms with Crippen molar-refractivity contribution in [2.75, 3.05) is 21.3 Å². The largest absolute Gasteiger partial charge is 0.497 e. The van der Waals surface area contributed by atoms with Crippen LogP contribution in [0.5, 0.6) is 11.5 Å². The lowest BCUT2D eigenvalue weighted by atomic mass is 9.93. The molecule has 0 amide bonds. The molecule has 198 valence electrons. The van der Waals surface area contributed by atoms with Gasteiger partial charge in [-0.25, -0.2) is 0 Å². The van der Waals surface area contributed by atoms with Crippen molar-refractivity contribution >= 4 is 11.9 Å². The van der Waals surface area contributed by atoms with Gasteiger partial charge in [-0.2, -0.15) is 0 Å². The van der Waals surface area contributed by atoms with Gasteiger partial charge in [-0.05, 0) is 85.8 Å². The third-order valence-corrected chi connectivity index (χ3v) is 7.29. The molecule has 2 fully saturated rings. The lowest BCUT2D eigenvalue weighted by Crippen LogP contribution is -2.46. The number of halogens is 1. The molecule has 0 aliphatic heterocycles. The minimum Gasteiger partial charge on any atom is -0.497 e. The Balaban J connectivity index is 0.000000247. The molecule has 0 saturated heterocycles. The van der Waals surface area contributed by atoms with Crippen molar-refractivity contribution in [2.24, 2.45) is 11.5 Å². The Labute approximate surface area is 211 Å². The van der Waals surface area contributed by atoms with Crippen LogP contribution in [0, 0.1) is 0 Å². The molecule has 8 nitrogen and oxygen atoms in total. The van der Waals surface area contributed by atoms with Crippen molar-refractivity contribution in [2.45, 2.75) is 61.4 Å². The van der Waals surface area contributed by atoms with Gasteiger partial charge in [0.2, 0.25) is 0 Å². The molecule has 5 N–H and O–H groups in total. The molecule has 36 heavy (non-hydrogen) atoms. The topological polar surface area (TPSA) is 134 Å². The van der Waals surface area contributed by atoms with Crippen LogP contribution in [-0.4, -0.2) is 49.5 Å². The predicted octanol–water partition coefficient (Wildman–Crippen LogP) is 3.73. The van der Waals surface area contributed by atoms with Gasteiger partial charge in [0.1, 0.15) is 22.6 Å². The summed E-state index contributed by atoms with van der Waals surface area (Å²) in [4.78, 5) is 22.7. The van der Waals surface area contributed by atoms with Crippen LogP contribution in [0.2, 0.25) is 0 Å². The molecule has 0 aromatic heterocycles. The zero-order valence-electron chi connectivity index (χ0n) is 21.1. The fourth-order valence-corrected chi connectivity index (χ4v) is 5.06. The number of methoxy groups -OCH3 is 3. The maximum absolute atomic E-state index is 11.6. The van der Waals surface area contributed by atoms with Crippen molar-refractivity contribution in [3.8, 4) is 11.5 Å². The zero-order chi connectivity index (χ0) is 25.6. The molecule has 0 unspecified atom stereocenters. The molecule has 4 rings (SSSR count). The first-order valence-corrected chi connectivity index (χ1v) is 11.8. The van der Waals surface area contributed by atoms with Gasteiger partial charge in [-0.1, -0.05) is 24.3 Å². The summed E-state index contributed by atoms with van der Waals surface area (Å²) in [6, 6.07) is 15.7. The maximum Gasteiger partial charge on any atom is 0.325 e. The number of hydrogen-bond donors (Lipinski definition) is 3. The van der Waals surface area contributed by atoms with Gasteiger partial charge in [0.05, 0.1) is 21.3 Å². The van der Waals surface area contributed by atoms with Crippen LogP contribution in [-0.2, 0) is 14.3 Å². The van der Waals surface area contributed by atoms with Crippen molar-refractivity contribution in [3.63, 3.8) is 0 Å². The van der Waals surface area contributed by atoms with E-state index < -0.39 is 17.0 Å². The first-order chi connectivity index (χ1) is 16.6. The standard InChI is InChI=1S/C14H19NO3.C13H17NO3.FH/c1-17-12-5-3-10(4-6-12)11-7-8-14(15,9-11)13(16)18-2;1-17-11-4-2-9(3-5-11)10-6-7-13(14,8-10)12(15)16;/h3-6,11H,7-9,15H2,1-2H3;2-5,10H,6-8,14H2,1H3,(H,15,16);1H/t11-,14+;10-,13+;/m00./s1. The molecule has 2 saturated carbocycles. The van der Waals surface area contributed by atoms with E-state index in [4.69, 9.17) is 30.8 Å². The quantitative estimate of drug-likeness (QED) is 0.507. The average molecular weight is 505 g/mol. The second-order valence-corrected chi connectivity index (χ2v) is 9.53. The van der Waals surface area contributed by atoms with E-state index in [1.807, 2.05) is 48.5 Å². The minimum atomic E-state index is -1.05. The first kappa shape index (κ1) is 29.1. The Kier molecular flexibility index (Phi) is 9.84. The summed E-state index contributed by atoms with van der Waals surface area (Å²) in [5, 5.41) is 9.07. The normalized spacial score (nSPS) is 26.7. The highest BCUT2D eigenvalue weighted by Gasteiger charge is 2.43. The van der Waals surface area contributed by atoms with Crippen molar-refractivity contribution in [3.05, 3.63) is 59.7 Å². The SMILES string of the molecule is COC(=O)[C@@]1(N)CC[C@H](c2ccc(OC)cc2)C1.COc1ccc([C@H]2CC[C@](N)(C(=O)O)C2)cc1.F. The summed E-state index contributed by atoms with van der Waals surface area (Å²) in [7, 11) is 4.66. The Morgan fingerprint density at radius 2 is 1.17 bits per heavy atom. The monoisotopic (exact) mass is 504 g/mol. The van der Waals surface area contributed by atoms with Gasteiger partial charge >= 0.3 is 11.9 Å². The van der Waals surface area contributed by atoms with Crippen molar-refractivity contribution in [1.82, 2.24) is 0 Å². The summed E-state index contributed by atoms with van der Waals surface area (Å²) >= 11 is 0. The van der Waals surface area contributed by atoms with Crippen LogP contribution in [0.3, 0.4) is 0 Å². The van der Waals surface area contributed by atoms with Crippen molar-refractivity contribution in [1.29, 1.82) is 0 Å². The molecule has 2 aromatic rings. The highest BCUT2D eigenvalue weighted by atomic mass is 19.0. The van der Waals surface area contributed by atoms with E-state index in [0.29, 0.717) is 31.6 Å². The van der Waals surface area contributed by atoms with E-state index in [-0.39, 0.29) is 16.6 Å². The van der Waals surface area contributed by atoms with E-state index >= 15 is 0 Å². The zero-order valence-corrected chi connectivity index (χ0v) is 21.1. The van der Waals surface area contributed by atoms with Gasteiger partial charge in [-0.3, -0.25) is 14.3 Å². The molecule has 9 heteroatoms. The molecule has 2 aliphatic carbocycles. The van der Waals surface area contributed by atoms with Gasteiger partial charge in [-0.15, -0.1) is 0 Å². The van der Waals surface area contributed by atoms with E-state index in [2.05, 4.69) is 0 Å². The van der Waals surface area contributed by atoms with Gasteiger partial charge in [0.25, 0.3) is 0 Å². The van der Waals surface area contributed by atoms with Crippen molar-refractivity contribution < 1.29 is 33.6 Å². The number of carboxylic acid groups (broad SMARTS) is 1. The number of carbonyl (C=O) groups is 2. The third kappa shape index (κ3) is 6.53. The molecule has 0 radical (unpaired) electrons. The number of esters is 1. The molecule has 0 spiro atoms. The molecule has 2 aromatic carbocycles. The van der Waals surface area contributed by atoms with E-state index in [1.165, 1.54) is 12.7 Å². The molecule has 4 atom stereocenters. The summed E-state index contributed by atoms with van der Waals surface area (Å²) in [5.74, 6) is 1.00. The second-order valence-electron chi connectivity index (χ2n) is 9.53. The van der Waals surface area contributed by atoms with E-state index in [1.54, 1.807) is 14.2 Å². The summed E-state index contributed by atoms with van der Waals surface area (Å²) in [6.07, 6.45) is 4.11. The highest BCUT2D eigenvalue weighted by Crippen LogP contribution is 2.41. The fourth-order valence-electron chi connectivity index (χ4n) is 5.06. The maximum atomic E-state index is 11.6. The van der Waals surface area contributed by atoms with Crippen LogP contribution in [0.4, 0.5) is 4.70 Å². The number of nitrogens with two attached hydrogens (primary N) is 2. The van der Waals surface area contributed by atoms with Crippen LogP contribution in [0.1, 0.15) is 61.5 Å². The Bertz CT molecular complexity index is 1020. The van der Waals surface area contributed by atoms with Gasteiger partial charge in [0.15, 0.2) is 0 Å². The van der Waals surface area contributed by atoms with E-state index in [9.17, 15) is 9.59 Å². The van der Waals surface area contributed by atoms with Crippen LogP contribution in [0.15, 0.2) is 48.5 Å². The molecular formula is C27H37FN2O6. The first-order valence-electron chi connectivity index (χ1n) is 11.8. The number of carbonyl (C=O) groups excluding carboxylic acids is 1. The predicted molar refractivity (Wildman–Crippen MR) is 135 cm³/mol. The summed E-state index contributed by atoms with van der Waals surface area (Å²) in [5.41, 5.74) is 12.4. The lowest BCUT2D eigenvalue weighted by Gasteiger charge is -2.20. The number of aliphatic carboxylic acids is 1. The molecular weight excluding hydrogens is 467 g/mol. The minimum absolute atomic E-state index is 0. The van der Waals surface area contributed by atoms with Gasteiger partial charge < -0.3 is 30.8 Å². The Hall–Kier alpha value is -3.17. The van der Waals surface area contributed by atoms with Crippen LogP contribution < -0.4 is 20.9 Å². The van der Waals surface area contributed by atoms with Crippen LogP contribution in [0.25, 0.3) is 0 Å². The van der Waals surface area contributed by atoms with E-state index in [0.717, 1.165) is 29.9 Å². The summed E-state index contributed by atoms with van der Waals surface area (Å²) in [6.45, 7) is 0. The van der Waals surface area contributed by atoms with Gasteiger partial charge in [0, 0.05) is 0 Å². The number of carboxylic acids is 1. The fraction of sp³-hybridized carbons (Fsp3) is 0.481. The average Bonchev–Trinajstić information content (AvgIpc) is 3.49. The number of ether oxygens (including phenoxy) is 3. The number of benzene rings is 2. The summed E-state index contributed by atoms with van der Waals surface area (Å²) < 4.78 is 15.0. The highest BCUT2D eigenvalue weighted by molar-refractivity contribution is 5.81. The smallest absolute Gasteiger partial charge is 0.325 e. The molecule has 2 aliphatic rings. The number of hydrogen-bond acceptors (Lipinski definition) is 7. The lowest BCUT2D eigenvalue weighted by molar-refractivity contribution is -0.147. The molecule has 0 bridgehead atoms. The Morgan fingerprint density at radius 1 is 0.778 bits per heavy atom. The third-order valence-electron chi connectivity index (χ3n) is 7.29. The second kappa shape index (κ2) is 12.2. The Morgan fingerprint density at radius 3 is 1.50 bits per heavy atom. The van der Waals surface area contributed by atoms with Crippen LogP contribution >= 0.6 is 0 Å². The molecule has 0 heterocycles.